The van der Waals surface area contributed by atoms with Crippen molar-refractivity contribution in [3.8, 4) is 22.6 Å². The van der Waals surface area contributed by atoms with Crippen LogP contribution in [0, 0.1) is 0 Å². The van der Waals surface area contributed by atoms with E-state index in [1.165, 1.54) is 24.0 Å². The molecule has 2 saturated heterocycles. The van der Waals surface area contributed by atoms with Crippen molar-refractivity contribution < 1.29 is 14.6 Å². The third-order valence-corrected chi connectivity index (χ3v) is 6.66. The molecule has 3 aliphatic rings. The van der Waals surface area contributed by atoms with Crippen LogP contribution < -0.4 is 10.1 Å². The lowest BCUT2D eigenvalue weighted by Gasteiger charge is -2.31. The first-order valence-corrected chi connectivity index (χ1v) is 10.7. The van der Waals surface area contributed by atoms with Crippen LogP contribution >= 0.6 is 0 Å². The first-order valence-electron chi connectivity index (χ1n) is 10.7. The molecule has 6 rings (SSSR count). The molecule has 5 heteroatoms. The second-order valence-electron chi connectivity index (χ2n) is 8.56. The van der Waals surface area contributed by atoms with Gasteiger partial charge in [-0.1, -0.05) is 23.8 Å². The second kappa shape index (κ2) is 7.06. The molecule has 154 valence electrons. The van der Waals surface area contributed by atoms with Crippen molar-refractivity contribution in [1.29, 1.82) is 0 Å². The monoisotopic (exact) mass is 410 g/mol. The first-order chi connectivity index (χ1) is 15.2. The van der Waals surface area contributed by atoms with E-state index in [9.17, 15) is 9.90 Å². The van der Waals surface area contributed by atoms with E-state index in [0.29, 0.717) is 17.8 Å². The van der Waals surface area contributed by atoms with E-state index < -0.39 is 5.97 Å². The standard InChI is InChI=1S/C26H22N2O3/c29-26(30)16-4-7-21-23(14-16)31-25-20(15-8-10-27-11-9-15)2-1-3-22(25)24(21)17-12-18-5-6-19(13-17)28-18/h1-4,7-11,14,18-19,28H,5-6,12-13H2,(H,29,30). The number of hydrogen-bond acceptors (Lipinski definition) is 4. The molecule has 0 radical (unpaired) electrons. The van der Waals surface area contributed by atoms with Crippen LogP contribution in [0.4, 0.5) is 0 Å². The Balaban J connectivity index is 1.60. The molecular formula is C26H22N2O3. The number of carboxylic acid groups (broad SMARTS) is 1. The molecule has 2 atom stereocenters. The maximum atomic E-state index is 11.6. The van der Waals surface area contributed by atoms with E-state index in [-0.39, 0.29) is 5.56 Å². The average Bonchev–Trinajstić information content (AvgIpc) is 3.14. The fourth-order valence-corrected chi connectivity index (χ4v) is 5.29. The van der Waals surface area contributed by atoms with Crippen LogP contribution in [-0.4, -0.2) is 28.1 Å². The molecule has 2 fully saturated rings. The van der Waals surface area contributed by atoms with Gasteiger partial charge in [0.1, 0.15) is 11.5 Å². The minimum Gasteiger partial charge on any atom is -0.478 e. The lowest BCUT2D eigenvalue weighted by Crippen LogP contribution is -2.35. The molecule has 0 spiro atoms. The summed E-state index contributed by atoms with van der Waals surface area (Å²) in [4.78, 5) is 15.8. The van der Waals surface area contributed by atoms with Crippen LogP contribution in [0.15, 0.2) is 66.5 Å². The molecule has 2 N–H and O–H groups in total. The third-order valence-electron chi connectivity index (χ3n) is 6.66. The zero-order valence-corrected chi connectivity index (χ0v) is 17.0. The number of carbonyl (C=O) groups is 1. The van der Waals surface area contributed by atoms with Crippen molar-refractivity contribution in [2.24, 2.45) is 0 Å². The van der Waals surface area contributed by atoms with Gasteiger partial charge < -0.3 is 15.2 Å². The minimum absolute atomic E-state index is 0.235. The Kier molecular flexibility index (Phi) is 4.18. The van der Waals surface area contributed by atoms with Crippen LogP contribution in [0.25, 0.3) is 16.7 Å². The third kappa shape index (κ3) is 3.04. The number of para-hydroxylation sites is 1. The van der Waals surface area contributed by atoms with Crippen LogP contribution in [0.3, 0.4) is 0 Å². The van der Waals surface area contributed by atoms with Crippen LogP contribution in [0.5, 0.6) is 11.5 Å². The van der Waals surface area contributed by atoms with Gasteiger partial charge in [-0.25, -0.2) is 4.79 Å². The van der Waals surface area contributed by atoms with Crippen molar-refractivity contribution in [1.82, 2.24) is 10.3 Å². The van der Waals surface area contributed by atoms with Gasteiger partial charge in [-0.3, -0.25) is 4.98 Å². The summed E-state index contributed by atoms with van der Waals surface area (Å²) in [5, 5.41) is 13.2. The second-order valence-corrected chi connectivity index (χ2v) is 8.56. The van der Waals surface area contributed by atoms with Crippen molar-refractivity contribution in [2.45, 2.75) is 37.8 Å². The fourth-order valence-electron chi connectivity index (χ4n) is 5.29. The molecule has 3 aromatic rings. The predicted molar refractivity (Wildman–Crippen MR) is 118 cm³/mol. The van der Waals surface area contributed by atoms with E-state index in [2.05, 4.69) is 28.5 Å². The van der Waals surface area contributed by atoms with Crippen LogP contribution in [-0.2, 0) is 0 Å². The Morgan fingerprint density at radius 2 is 1.71 bits per heavy atom. The summed E-state index contributed by atoms with van der Waals surface area (Å²) >= 11 is 0. The molecule has 4 heterocycles. The molecule has 0 saturated carbocycles. The Morgan fingerprint density at radius 3 is 2.45 bits per heavy atom. The number of hydrogen-bond donors (Lipinski definition) is 2. The zero-order valence-electron chi connectivity index (χ0n) is 17.0. The van der Waals surface area contributed by atoms with Gasteiger partial charge in [-0.05, 0) is 67.2 Å². The first kappa shape index (κ1) is 18.3. The quantitative estimate of drug-likeness (QED) is 0.471. The number of fused-ring (bicyclic) bond motifs is 4. The lowest BCUT2D eigenvalue weighted by atomic mass is 9.83. The van der Waals surface area contributed by atoms with Gasteiger partial charge in [0.05, 0.1) is 5.56 Å². The van der Waals surface area contributed by atoms with Gasteiger partial charge >= 0.3 is 5.97 Å². The number of pyridine rings is 1. The highest BCUT2D eigenvalue weighted by Gasteiger charge is 2.35. The number of piperidine rings is 1. The maximum absolute atomic E-state index is 11.6. The fraction of sp³-hybridized carbons (Fsp3) is 0.231. The van der Waals surface area contributed by atoms with Crippen LogP contribution in [0.1, 0.15) is 47.2 Å². The summed E-state index contributed by atoms with van der Waals surface area (Å²) < 4.78 is 6.41. The molecule has 0 aliphatic carbocycles. The normalized spacial score (nSPS) is 21.3. The van der Waals surface area contributed by atoms with Crippen molar-refractivity contribution in [3.63, 3.8) is 0 Å². The number of aromatic carboxylic acids is 1. The number of ether oxygens (including phenoxy) is 1. The highest BCUT2D eigenvalue weighted by molar-refractivity contribution is 5.96. The van der Waals surface area contributed by atoms with Gasteiger partial charge in [0.25, 0.3) is 0 Å². The molecule has 5 nitrogen and oxygen atoms in total. The molecule has 1 aromatic heterocycles. The maximum Gasteiger partial charge on any atom is 0.335 e. The van der Waals surface area contributed by atoms with Crippen molar-refractivity contribution in [3.05, 3.63) is 83.2 Å². The summed E-state index contributed by atoms with van der Waals surface area (Å²) in [6.45, 7) is 0. The largest absolute Gasteiger partial charge is 0.478 e. The van der Waals surface area contributed by atoms with Gasteiger partial charge in [0, 0.05) is 41.2 Å². The van der Waals surface area contributed by atoms with Gasteiger partial charge in [-0.2, -0.15) is 0 Å². The van der Waals surface area contributed by atoms with E-state index in [0.717, 1.165) is 40.8 Å². The molecule has 3 aliphatic heterocycles. The predicted octanol–water partition coefficient (Wildman–Crippen LogP) is 5.27. The van der Waals surface area contributed by atoms with E-state index in [1.54, 1.807) is 24.5 Å². The Hall–Kier alpha value is -3.44. The number of rotatable bonds is 2. The smallest absolute Gasteiger partial charge is 0.335 e. The Morgan fingerprint density at radius 1 is 0.968 bits per heavy atom. The van der Waals surface area contributed by atoms with Crippen molar-refractivity contribution >= 4 is 11.5 Å². The molecule has 2 bridgehead atoms. The molecule has 2 aromatic carbocycles. The molecule has 2 unspecified atom stereocenters. The van der Waals surface area contributed by atoms with E-state index >= 15 is 0 Å². The van der Waals surface area contributed by atoms with Gasteiger partial charge in [-0.15, -0.1) is 0 Å². The van der Waals surface area contributed by atoms with E-state index in [1.807, 2.05) is 18.2 Å². The summed E-state index contributed by atoms with van der Waals surface area (Å²) in [5.74, 6) is 0.452. The number of carboxylic acids is 1. The summed E-state index contributed by atoms with van der Waals surface area (Å²) in [5.41, 5.74) is 6.97. The Labute approximate surface area is 180 Å². The number of benzene rings is 2. The average molecular weight is 410 g/mol. The SMILES string of the molecule is O=C(O)c1ccc2c(c1)Oc1c(cccc1-c1ccncc1)C2=C1CC2CCC(C1)N2. The number of aromatic nitrogens is 1. The van der Waals surface area contributed by atoms with Gasteiger partial charge in [0.15, 0.2) is 0 Å². The highest BCUT2D eigenvalue weighted by atomic mass is 16.5. The lowest BCUT2D eigenvalue weighted by molar-refractivity contribution is 0.0696. The zero-order chi connectivity index (χ0) is 20.9. The number of nitrogens with zero attached hydrogens (tertiary/aromatic N) is 1. The number of nitrogens with one attached hydrogen (secondary N) is 1. The highest BCUT2D eigenvalue weighted by Crippen LogP contribution is 2.51. The minimum atomic E-state index is -0.950. The molecule has 0 amide bonds. The van der Waals surface area contributed by atoms with E-state index in [4.69, 9.17) is 4.74 Å². The summed E-state index contributed by atoms with van der Waals surface area (Å²) in [7, 11) is 0. The van der Waals surface area contributed by atoms with Crippen molar-refractivity contribution in [2.75, 3.05) is 0 Å². The summed E-state index contributed by atoms with van der Waals surface area (Å²) in [6, 6.07) is 16.5. The summed E-state index contributed by atoms with van der Waals surface area (Å²) in [6.07, 6.45) is 8.02. The van der Waals surface area contributed by atoms with Gasteiger partial charge in [0.2, 0.25) is 0 Å². The topological polar surface area (TPSA) is 71.5 Å². The Bertz CT molecular complexity index is 1220. The van der Waals surface area contributed by atoms with Crippen LogP contribution in [0.2, 0.25) is 0 Å². The molecule has 31 heavy (non-hydrogen) atoms. The molecular weight excluding hydrogens is 388 g/mol.